The van der Waals surface area contributed by atoms with Crippen LogP contribution in [0.3, 0.4) is 0 Å². The highest BCUT2D eigenvalue weighted by molar-refractivity contribution is 6.31. The third-order valence-electron chi connectivity index (χ3n) is 1.90. The van der Waals surface area contributed by atoms with E-state index in [4.69, 9.17) is 16.7 Å². The van der Waals surface area contributed by atoms with E-state index in [0.717, 1.165) is 5.56 Å². The van der Waals surface area contributed by atoms with Gasteiger partial charge in [-0.05, 0) is 18.6 Å². The van der Waals surface area contributed by atoms with E-state index in [1.54, 1.807) is 24.3 Å². The van der Waals surface area contributed by atoms with Gasteiger partial charge in [0.15, 0.2) is 0 Å². The van der Waals surface area contributed by atoms with Crippen LogP contribution in [0.25, 0.3) is 0 Å². The predicted molar refractivity (Wildman–Crippen MR) is 51.7 cm³/mol. The maximum atomic E-state index is 13.1. The molecule has 0 heterocycles. The number of alkyl halides is 1. The molecule has 13 heavy (non-hydrogen) atoms. The van der Waals surface area contributed by atoms with Crippen LogP contribution in [0.2, 0.25) is 5.02 Å². The van der Waals surface area contributed by atoms with Gasteiger partial charge in [-0.3, -0.25) is 0 Å². The van der Waals surface area contributed by atoms with Crippen molar-refractivity contribution in [2.24, 2.45) is 0 Å². The van der Waals surface area contributed by atoms with Gasteiger partial charge in [0.2, 0.25) is 0 Å². The molecule has 1 nitrogen and oxygen atoms in total. The molecule has 0 aliphatic carbocycles. The van der Waals surface area contributed by atoms with Gasteiger partial charge < -0.3 is 5.11 Å². The van der Waals surface area contributed by atoms with Gasteiger partial charge in [-0.15, -0.1) is 0 Å². The molecule has 1 aromatic rings. The Balaban J connectivity index is 2.69. The Morgan fingerprint density at radius 3 is 2.62 bits per heavy atom. The maximum Gasteiger partial charge on any atom is 0.130 e. The standard InChI is InChI=1S/C10H12ClFO/c1-7(13)10(12)6-8-4-2-3-5-9(8)11/h2-5,7,10,13H,6H2,1H3. The molecule has 0 aliphatic rings. The Kier molecular flexibility index (Phi) is 3.70. The molecular formula is C10H12ClFO. The predicted octanol–water partition coefficient (Wildman–Crippen LogP) is 2.60. The quantitative estimate of drug-likeness (QED) is 0.799. The van der Waals surface area contributed by atoms with Gasteiger partial charge in [0.05, 0.1) is 6.10 Å². The summed E-state index contributed by atoms with van der Waals surface area (Å²) in [6.07, 6.45) is -2.03. The average molecular weight is 203 g/mol. The fourth-order valence-electron chi connectivity index (χ4n) is 1.04. The summed E-state index contributed by atoms with van der Waals surface area (Å²) < 4.78 is 13.1. The minimum Gasteiger partial charge on any atom is -0.390 e. The molecule has 0 aliphatic heterocycles. The van der Waals surface area contributed by atoms with Crippen LogP contribution in [0.15, 0.2) is 24.3 Å². The smallest absolute Gasteiger partial charge is 0.130 e. The number of aliphatic hydroxyl groups is 1. The average Bonchev–Trinajstić information content (AvgIpc) is 2.08. The summed E-state index contributed by atoms with van der Waals surface area (Å²) in [5, 5.41) is 9.50. The molecule has 0 amide bonds. The van der Waals surface area contributed by atoms with Crippen LogP contribution in [0.4, 0.5) is 4.39 Å². The van der Waals surface area contributed by atoms with Crippen molar-refractivity contribution >= 4 is 11.6 Å². The molecule has 2 atom stereocenters. The second kappa shape index (κ2) is 4.58. The van der Waals surface area contributed by atoms with Gasteiger partial charge in [-0.25, -0.2) is 4.39 Å². The van der Waals surface area contributed by atoms with E-state index in [-0.39, 0.29) is 6.42 Å². The molecule has 0 spiro atoms. The van der Waals surface area contributed by atoms with Crippen molar-refractivity contribution in [3.05, 3.63) is 34.9 Å². The first-order valence-electron chi connectivity index (χ1n) is 4.17. The van der Waals surface area contributed by atoms with Crippen LogP contribution in [-0.4, -0.2) is 17.4 Å². The topological polar surface area (TPSA) is 20.2 Å². The number of hydrogen-bond donors (Lipinski definition) is 1. The zero-order valence-electron chi connectivity index (χ0n) is 7.37. The lowest BCUT2D eigenvalue weighted by molar-refractivity contribution is 0.0932. The fourth-order valence-corrected chi connectivity index (χ4v) is 1.26. The van der Waals surface area contributed by atoms with Crippen molar-refractivity contribution in [3.8, 4) is 0 Å². The number of benzene rings is 1. The van der Waals surface area contributed by atoms with Gasteiger partial charge in [-0.2, -0.15) is 0 Å². The molecule has 0 radical (unpaired) electrons. The third-order valence-corrected chi connectivity index (χ3v) is 2.26. The highest BCUT2D eigenvalue weighted by atomic mass is 35.5. The molecule has 2 unspecified atom stereocenters. The maximum absolute atomic E-state index is 13.1. The van der Waals surface area contributed by atoms with Crippen LogP contribution < -0.4 is 0 Å². The van der Waals surface area contributed by atoms with Crippen molar-refractivity contribution < 1.29 is 9.50 Å². The lowest BCUT2D eigenvalue weighted by Gasteiger charge is -2.11. The van der Waals surface area contributed by atoms with Crippen molar-refractivity contribution in [1.29, 1.82) is 0 Å². The molecule has 1 aromatic carbocycles. The summed E-state index contributed by atoms with van der Waals surface area (Å²) >= 11 is 5.82. The number of rotatable bonds is 3. The van der Waals surface area contributed by atoms with Crippen LogP contribution in [-0.2, 0) is 6.42 Å². The van der Waals surface area contributed by atoms with Gasteiger partial charge >= 0.3 is 0 Å². The molecule has 3 heteroatoms. The minimum absolute atomic E-state index is 0.164. The molecule has 0 bridgehead atoms. The normalized spacial score (nSPS) is 15.4. The number of hydrogen-bond acceptors (Lipinski definition) is 1. The Morgan fingerprint density at radius 2 is 2.08 bits per heavy atom. The van der Waals surface area contributed by atoms with Crippen molar-refractivity contribution in [2.75, 3.05) is 0 Å². The Morgan fingerprint density at radius 1 is 1.46 bits per heavy atom. The van der Waals surface area contributed by atoms with E-state index < -0.39 is 12.3 Å². The van der Waals surface area contributed by atoms with E-state index in [1.807, 2.05) is 0 Å². The molecule has 0 fully saturated rings. The Bertz CT molecular complexity index is 275. The molecular weight excluding hydrogens is 191 g/mol. The first kappa shape index (κ1) is 10.5. The van der Waals surface area contributed by atoms with E-state index in [1.165, 1.54) is 6.92 Å². The molecule has 1 rings (SSSR count). The van der Waals surface area contributed by atoms with Crippen LogP contribution in [0, 0.1) is 0 Å². The first-order valence-corrected chi connectivity index (χ1v) is 4.54. The van der Waals surface area contributed by atoms with Gasteiger partial charge in [-0.1, -0.05) is 29.8 Å². The largest absolute Gasteiger partial charge is 0.390 e. The molecule has 0 aromatic heterocycles. The molecule has 0 saturated heterocycles. The van der Waals surface area contributed by atoms with Crippen LogP contribution >= 0.6 is 11.6 Å². The molecule has 0 saturated carbocycles. The van der Waals surface area contributed by atoms with Crippen molar-refractivity contribution in [2.45, 2.75) is 25.6 Å². The lowest BCUT2D eigenvalue weighted by atomic mass is 10.1. The number of halogens is 2. The second-order valence-corrected chi connectivity index (χ2v) is 3.46. The monoisotopic (exact) mass is 202 g/mol. The minimum atomic E-state index is -1.25. The third kappa shape index (κ3) is 2.98. The van der Waals surface area contributed by atoms with Crippen molar-refractivity contribution in [1.82, 2.24) is 0 Å². The van der Waals surface area contributed by atoms with E-state index in [0.29, 0.717) is 5.02 Å². The summed E-state index contributed by atoms with van der Waals surface area (Å²) in [5.41, 5.74) is 0.734. The number of aliphatic hydroxyl groups excluding tert-OH is 1. The Labute approximate surface area is 82.2 Å². The summed E-state index contributed by atoms with van der Waals surface area (Å²) in [5.74, 6) is 0. The van der Waals surface area contributed by atoms with E-state index in [9.17, 15) is 4.39 Å². The summed E-state index contributed by atoms with van der Waals surface area (Å²) in [6.45, 7) is 1.43. The van der Waals surface area contributed by atoms with E-state index in [2.05, 4.69) is 0 Å². The molecule has 72 valence electrons. The first-order chi connectivity index (χ1) is 6.11. The van der Waals surface area contributed by atoms with E-state index >= 15 is 0 Å². The highest BCUT2D eigenvalue weighted by Crippen LogP contribution is 2.18. The zero-order chi connectivity index (χ0) is 9.84. The summed E-state index contributed by atoms with van der Waals surface area (Å²) in [7, 11) is 0. The van der Waals surface area contributed by atoms with Crippen LogP contribution in [0.1, 0.15) is 12.5 Å². The highest BCUT2D eigenvalue weighted by Gasteiger charge is 2.14. The lowest BCUT2D eigenvalue weighted by Crippen LogP contribution is -2.20. The second-order valence-electron chi connectivity index (χ2n) is 3.05. The van der Waals surface area contributed by atoms with Crippen molar-refractivity contribution in [3.63, 3.8) is 0 Å². The van der Waals surface area contributed by atoms with Gasteiger partial charge in [0, 0.05) is 11.4 Å². The molecule has 1 N–H and O–H groups in total. The SMILES string of the molecule is CC(O)C(F)Cc1ccccc1Cl. The summed E-state index contributed by atoms with van der Waals surface area (Å²) in [4.78, 5) is 0. The van der Waals surface area contributed by atoms with Gasteiger partial charge in [0.25, 0.3) is 0 Å². The zero-order valence-corrected chi connectivity index (χ0v) is 8.13. The summed E-state index contributed by atoms with van der Waals surface area (Å²) in [6, 6.07) is 7.07. The van der Waals surface area contributed by atoms with Gasteiger partial charge in [0.1, 0.15) is 6.17 Å². The van der Waals surface area contributed by atoms with Crippen LogP contribution in [0.5, 0.6) is 0 Å². The fraction of sp³-hybridized carbons (Fsp3) is 0.400. The Hall–Kier alpha value is -0.600.